The van der Waals surface area contributed by atoms with E-state index in [4.69, 9.17) is 16.3 Å². The molecule has 0 aliphatic heterocycles. The Hall–Kier alpha value is -2.99. The number of aromatic amines is 1. The summed E-state index contributed by atoms with van der Waals surface area (Å²) in [6, 6.07) is 13.0. The van der Waals surface area contributed by atoms with Gasteiger partial charge in [-0.05, 0) is 29.8 Å². The zero-order valence-electron chi connectivity index (χ0n) is 15.8. The second-order valence-corrected chi connectivity index (χ2v) is 6.78. The Morgan fingerprint density at radius 3 is 2.71 bits per heavy atom. The number of carbonyl (C=O) groups excluding carboxylic acids is 2. The van der Waals surface area contributed by atoms with Gasteiger partial charge in [0.25, 0.3) is 0 Å². The third-order valence-electron chi connectivity index (χ3n) is 4.51. The summed E-state index contributed by atoms with van der Waals surface area (Å²) in [6.45, 7) is 2.16. The quantitative estimate of drug-likeness (QED) is 0.638. The first-order valence-electron chi connectivity index (χ1n) is 8.93. The molecule has 2 N–H and O–H groups in total. The molecule has 146 valence electrons. The molecule has 1 heterocycles. The molecule has 6 nitrogen and oxygen atoms in total. The smallest absolute Gasteiger partial charge is 0.224 e. The van der Waals surface area contributed by atoms with Gasteiger partial charge in [0.15, 0.2) is 0 Å². The number of hydrogen-bond donors (Lipinski definition) is 2. The van der Waals surface area contributed by atoms with Gasteiger partial charge in [-0.2, -0.15) is 0 Å². The number of hydrogen-bond acceptors (Lipinski definition) is 3. The van der Waals surface area contributed by atoms with Crippen molar-refractivity contribution in [1.29, 1.82) is 0 Å². The van der Waals surface area contributed by atoms with Crippen LogP contribution in [0.25, 0.3) is 10.9 Å². The first-order chi connectivity index (χ1) is 13.5. The van der Waals surface area contributed by atoms with E-state index < -0.39 is 0 Å². The highest BCUT2D eigenvalue weighted by Crippen LogP contribution is 2.29. The summed E-state index contributed by atoms with van der Waals surface area (Å²) in [5, 5.41) is 4.34. The molecule has 3 aromatic rings. The molecule has 0 bridgehead atoms. The Morgan fingerprint density at radius 1 is 1.21 bits per heavy atom. The maximum absolute atomic E-state index is 12.3. The highest BCUT2D eigenvalue weighted by atomic mass is 35.5. The zero-order chi connectivity index (χ0) is 20.1. The first-order valence-corrected chi connectivity index (χ1v) is 9.30. The van der Waals surface area contributed by atoms with Crippen LogP contribution in [0.2, 0.25) is 5.02 Å². The maximum Gasteiger partial charge on any atom is 0.224 e. The molecule has 1 aromatic heterocycles. The number of rotatable bonds is 7. The average molecular weight is 400 g/mol. The van der Waals surface area contributed by atoms with Gasteiger partial charge in [-0.25, -0.2) is 0 Å². The molecule has 2 aromatic carbocycles. The van der Waals surface area contributed by atoms with Crippen molar-refractivity contribution >= 4 is 40.0 Å². The average Bonchev–Trinajstić information content (AvgIpc) is 3.08. The van der Waals surface area contributed by atoms with E-state index >= 15 is 0 Å². The third kappa shape index (κ3) is 4.46. The first kappa shape index (κ1) is 19.8. The Bertz CT molecular complexity index is 999. The van der Waals surface area contributed by atoms with Crippen molar-refractivity contribution < 1.29 is 14.3 Å². The molecule has 0 spiro atoms. The summed E-state index contributed by atoms with van der Waals surface area (Å²) < 4.78 is 5.14. The summed E-state index contributed by atoms with van der Waals surface area (Å²) in [7, 11) is 1.53. The van der Waals surface area contributed by atoms with Crippen LogP contribution >= 0.6 is 11.6 Å². The zero-order valence-corrected chi connectivity index (χ0v) is 16.5. The Balaban J connectivity index is 1.59. The van der Waals surface area contributed by atoms with E-state index in [0.717, 1.165) is 16.5 Å². The molecule has 28 heavy (non-hydrogen) atoms. The largest absolute Gasteiger partial charge is 0.495 e. The minimum atomic E-state index is -0.132. The van der Waals surface area contributed by atoms with Gasteiger partial charge in [-0.3, -0.25) is 9.59 Å². The maximum atomic E-state index is 12.3. The number of anilines is 1. The van der Waals surface area contributed by atoms with Crippen molar-refractivity contribution in [2.24, 2.45) is 0 Å². The molecule has 0 atom stereocenters. The van der Waals surface area contributed by atoms with Crippen LogP contribution in [0.5, 0.6) is 5.75 Å². The second-order valence-electron chi connectivity index (χ2n) is 6.38. The highest BCUT2D eigenvalue weighted by molar-refractivity contribution is 6.32. The lowest BCUT2D eigenvalue weighted by Gasteiger charge is -2.22. The van der Waals surface area contributed by atoms with Gasteiger partial charge in [-0.15, -0.1) is 0 Å². The van der Waals surface area contributed by atoms with Crippen LogP contribution in [-0.2, 0) is 16.0 Å². The fraction of sp³-hybridized carbons (Fsp3) is 0.238. The van der Waals surface area contributed by atoms with Crippen molar-refractivity contribution in [1.82, 2.24) is 10.3 Å². The molecule has 3 rings (SSSR count). The van der Waals surface area contributed by atoms with Gasteiger partial charge in [0.05, 0.1) is 18.6 Å². The number of halogens is 1. The SMILES string of the molecule is COc1ccc(N(CCNC(=O)Cc2c[nH]c3ccccc23)C(C)=O)cc1Cl. The molecule has 0 radical (unpaired) electrons. The summed E-state index contributed by atoms with van der Waals surface area (Å²) in [4.78, 5) is 29.1. The van der Waals surface area contributed by atoms with Gasteiger partial charge < -0.3 is 19.9 Å². The standard InChI is InChI=1S/C21H22ClN3O3/c1-14(26)25(16-7-8-20(28-2)18(22)12-16)10-9-23-21(27)11-15-13-24-19-6-4-3-5-17(15)19/h3-8,12-13,24H,9-11H2,1-2H3,(H,23,27). The minimum Gasteiger partial charge on any atom is -0.495 e. The molecule has 0 aliphatic rings. The number of nitrogens with zero attached hydrogens (tertiary/aromatic N) is 1. The summed E-state index contributed by atoms with van der Waals surface area (Å²) >= 11 is 6.15. The van der Waals surface area contributed by atoms with Crippen molar-refractivity contribution in [3.63, 3.8) is 0 Å². The minimum absolute atomic E-state index is 0.0963. The van der Waals surface area contributed by atoms with Crippen LogP contribution in [0.1, 0.15) is 12.5 Å². The topological polar surface area (TPSA) is 74.4 Å². The molecular weight excluding hydrogens is 378 g/mol. The third-order valence-corrected chi connectivity index (χ3v) is 4.81. The van der Waals surface area contributed by atoms with E-state index in [1.54, 1.807) is 23.1 Å². The van der Waals surface area contributed by atoms with Crippen LogP contribution in [0.4, 0.5) is 5.69 Å². The van der Waals surface area contributed by atoms with Crippen LogP contribution in [0.15, 0.2) is 48.7 Å². The van der Waals surface area contributed by atoms with E-state index in [2.05, 4.69) is 10.3 Å². The van der Waals surface area contributed by atoms with Crippen molar-refractivity contribution in [2.45, 2.75) is 13.3 Å². The number of aromatic nitrogens is 1. The van der Waals surface area contributed by atoms with Gasteiger partial charge in [0.1, 0.15) is 5.75 Å². The molecule has 7 heteroatoms. The van der Waals surface area contributed by atoms with Gasteiger partial charge in [0.2, 0.25) is 11.8 Å². The summed E-state index contributed by atoms with van der Waals surface area (Å²) in [5.74, 6) is 0.314. The number of para-hydroxylation sites is 1. The summed E-state index contributed by atoms with van der Waals surface area (Å²) in [6.07, 6.45) is 2.13. The molecular formula is C21H22ClN3O3. The fourth-order valence-electron chi connectivity index (χ4n) is 3.11. The molecule has 0 fully saturated rings. The number of ether oxygens (including phenoxy) is 1. The fourth-order valence-corrected chi connectivity index (χ4v) is 3.36. The van der Waals surface area contributed by atoms with Gasteiger partial charge in [0, 0.05) is 42.8 Å². The predicted molar refractivity (Wildman–Crippen MR) is 111 cm³/mol. The Labute approximate surface area is 168 Å². The van der Waals surface area contributed by atoms with E-state index in [9.17, 15) is 9.59 Å². The second kappa shape index (κ2) is 8.80. The van der Waals surface area contributed by atoms with Crippen molar-refractivity contribution in [2.75, 3.05) is 25.1 Å². The van der Waals surface area contributed by atoms with Gasteiger partial charge >= 0.3 is 0 Å². The van der Waals surface area contributed by atoms with Crippen molar-refractivity contribution in [3.8, 4) is 5.75 Å². The molecule has 0 aliphatic carbocycles. The number of nitrogens with one attached hydrogen (secondary N) is 2. The van der Waals surface area contributed by atoms with Crippen LogP contribution in [-0.4, -0.2) is 37.0 Å². The molecule has 2 amide bonds. The molecule has 0 saturated carbocycles. The van der Waals surface area contributed by atoms with Crippen LogP contribution in [0, 0.1) is 0 Å². The predicted octanol–water partition coefficient (Wildman–Crippen LogP) is 3.54. The molecule has 0 saturated heterocycles. The number of fused-ring (bicyclic) bond motifs is 1. The number of benzene rings is 2. The number of H-pyrrole nitrogens is 1. The lowest BCUT2D eigenvalue weighted by Crippen LogP contribution is -2.38. The van der Waals surface area contributed by atoms with E-state index in [1.165, 1.54) is 14.0 Å². The molecule has 0 unspecified atom stereocenters. The Morgan fingerprint density at radius 2 is 2.00 bits per heavy atom. The number of carbonyl (C=O) groups is 2. The monoisotopic (exact) mass is 399 g/mol. The van der Waals surface area contributed by atoms with E-state index in [0.29, 0.717) is 29.5 Å². The number of amides is 2. The Kier molecular flexibility index (Phi) is 6.21. The highest BCUT2D eigenvalue weighted by Gasteiger charge is 2.14. The lowest BCUT2D eigenvalue weighted by atomic mass is 10.1. The normalized spacial score (nSPS) is 10.7. The van der Waals surface area contributed by atoms with E-state index in [1.807, 2.05) is 30.5 Å². The summed E-state index contributed by atoms with van der Waals surface area (Å²) in [5.41, 5.74) is 2.60. The van der Waals surface area contributed by atoms with Crippen LogP contribution in [0.3, 0.4) is 0 Å². The van der Waals surface area contributed by atoms with Gasteiger partial charge in [-0.1, -0.05) is 29.8 Å². The van der Waals surface area contributed by atoms with Crippen LogP contribution < -0.4 is 15.0 Å². The lowest BCUT2D eigenvalue weighted by molar-refractivity contribution is -0.121. The van der Waals surface area contributed by atoms with Crippen molar-refractivity contribution in [3.05, 3.63) is 59.2 Å². The number of methoxy groups -OCH3 is 1. The van der Waals surface area contributed by atoms with E-state index in [-0.39, 0.29) is 18.2 Å².